The zero-order valence-electron chi connectivity index (χ0n) is 12.5. The summed E-state index contributed by atoms with van der Waals surface area (Å²) in [6.07, 6.45) is 3.78. The highest BCUT2D eigenvalue weighted by Gasteiger charge is 2.31. The van der Waals surface area contributed by atoms with Crippen molar-refractivity contribution >= 4 is 17.5 Å². The number of carbonyl (C=O) groups excluding carboxylic acids is 2. The molecule has 2 aliphatic heterocycles. The van der Waals surface area contributed by atoms with E-state index in [0.717, 1.165) is 5.69 Å². The summed E-state index contributed by atoms with van der Waals surface area (Å²) in [5, 5.41) is 3.08. The summed E-state index contributed by atoms with van der Waals surface area (Å²) in [6.45, 7) is 1.85. The molecule has 0 bridgehead atoms. The van der Waals surface area contributed by atoms with Crippen molar-refractivity contribution in [1.29, 1.82) is 0 Å². The lowest BCUT2D eigenvalue weighted by molar-refractivity contribution is -0.137. The SMILES string of the molecule is COc1cccc(N2CCN(C(=O)C3C=CCN3)CC2=O)c1. The summed E-state index contributed by atoms with van der Waals surface area (Å²) in [6, 6.07) is 7.10. The minimum Gasteiger partial charge on any atom is -0.497 e. The Kier molecular flexibility index (Phi) is 4.11. The fraction of sp³-hybridized carbons (Fsp3) is 0.375. The van der Waals surface area contributed by atoms with Crippen LogP contribution in [-0.2, 0) is 9.59 Å². The molecule has 2 amide bonds. The summed E-state index contributed by atoms with van der Waals surface area (Å²) < 4.78 is 5.19. The number of hydrogen-bond donors (Lipinski definition) is 1. The lowest BCUT2D eigenvalue weighted by Gasteiger charge is -2.35. The Morgan fingerprint density at radius 2 is 2.23 bits per heavy atom. The van der Waals surface area contributed by atoms with Crippen LogP contribution in [0.4, 0.5) is 5.69 Å². The first-order valence-electron chi connectivity index (χ1n) is 7.32. The summed E-state index contributed by atoms with van der Waals surface area (Å²) >= 11 is 0. The van der Waals surface area contributed by atoms with Gasteiger partial charge in [-0.1, -0.05) is 18.2 Å². The Balaban J connectivity index is 1.68. The number of nitrogens with zero attached hydrogens (tertiary/aromatic N) is 2. The van der Waals surface area contributed by atoms with Gasteiger partial charge in [-0.2, -0.15) is 0 Å². The van der Waals surface area contributed by atoms with Crippen molar-refractivity contribution in [2.45, 2.75) is 6.04 Å². The van der Waals surface area contributed by atoms with E-state index >= 15 is 0 Å². The molecule has 1 unspecified atom stereocenters. The van der Waals surface area contributed by atoms with Crippen LogP contribution >= 0.6 is 0 Å². The Labute approximate surface area is 129 Å². The van der Waals surface area contributed by atoms with Gasteiger partial charge in [0.2, 0.25) is 11.8 Å². The number of methoxy groups -OCH3 is 1. The highest BCUT2D eigenvalue weighted by Crippen LogP contribution is 2.22. The van der Waals surface area contributed by atoms with E-state index < -0.39 is 0 Å². The summed E-state index contributed by atoms with van der Waals surface area (Å²) in [7, 11) is 1.60. The van der Waals surface area contributed by atoms with E-state index in [1.165, 1.54) is 0 Å². The Hall–Kier alpha value is -2.34. The van der Waals surface area contributed by atoms with Crippen molar-refractivity contribution in [3.8, 4) is 5.75 Å². The van der Waals surface area contributed by atoms with Gasteiger partial charge in [-0.25, -0.2) is 0 Å². The predicted molar refractivity (Wildman–Crippen MR) is 82.9 cm³/mol. The second-order valence-electron chi connectivity index (χ2n) is 5.32. The molecule has 6 heteroatoms. The molecule has 22 heavy (non-hydrogen) atoms. The number of hydrogen-bond acceptors (Lipinski definition) is 4. The smallest absolute Gasteiger partial charge is 0.246 e. The molecule has 0 radical (unpaired) electrons. The maximum atomic E-state index is 12.4. The van der Waals surface area contributed by atoms with Crippen molar-refractivity contribution in [3.05, 3.63) is 36.4 Å². The molecule has 1 fully saturated rings. The summed E-state index contributed by atoms with van der Waals surface area (Å²) in [5.41, 5.74) is 0.801. The molecule has 0 saturated carbocycles. The molecule has 2 aliphatic rings. The Morgan fingerprint density at radius 1 is 1.36 bits per heavy atom. The highest BCUT2D eigenvalue weighted by atomic mass is 16.5. The first-order valence-corrected chi connectivity index (χ1v) is 7.32. The number of amides is 2. The molecule has 0 aliphatic carbocycles. The largest absolute Gasteiger partial charge is 0.497 e. The molecule has 3 rings (SSSR count). The van der Waals surface area contributed by atoms with Gasteiger partial charge in [-0.3, -0.25) is 14.9 Å². The number of nitrogens with one attached hydrogen (secondary N) is 1. The standard InChI is InChI=1S/C16H19N3O3/c1-22-13-5-2-4-12(10-13)19-9-8-18(11-15(19)20)16(21)14-6-3-7-17-14/h2-6,10,14,17H,7-9,11H2,1H3. The summed E-state index contributed by atoms with van der Waals surface area (Å²) in [5.74, 6) is 0.603. The van der Waals surface area contributed by atoms with Gasteiger partial charge in [0, 0.05) is 31.4 Å². The molecular formula is C16H19N3O3. The molecule has 1 atom stereocenters. The molecule has 0 aromatic heterocycles. The zero-order chi connectivity index (χ0) is 15.5. The lowest BCUT2D eigenvalue weighted by Crippen LogP contribution is -2.55. The normalized spacial score (nSPS) is 21.3. The topological polar surface area (TPSA) is 61.9 Å². The molecule has 1 N–H and O–H groups in total. The third-order valence-corrected chi connectivity index (χ3v) is 3.95. The third-order valence-electron chi connectivity index (χ3n) is 3.95. The Morgan fingerprint density at radius 3 is 2.91 bits per heavy atom. The van der Waals surface area contributed by atoms with Gasteiger partial charge >= 0.3 is 0 Å². The highest BCUT2D eigenvalue weighted by molar-refractivity contribution is 5.99. The van der Waals surface area contributed by atoms with Crippen molar-refractivity contribution in [1.82, 2.24) is 10.2 Å². The monoisotopic (exact) mass is 301 g/mol. The number of benzene rings is 1. The van der Waals surface area contributed by atoms with E-state index in [-0.39, 0.29) is 24.4 Å². The first-order chi connectivity index (χ1) is 10.7. The molecule has 2 heterocycles. The van der Waals surface area contributed by atoms with Crippen LogP contribution in [0.25, 0.3) is 0 Å². The van der Waals surface area contributed by atoms with Gasteiger partial charge in [-0.05, 0) is 12.1 Å². The van der Waals surface area contributed by atoms with Crippen LogP contribution in [0.3, 0.4) is 0 Å². The molecule has 6 nitrogen and oxygen atoms in total. The van der Waals surface area contributed by atoms with Gasteiger partial charge in [-0.15, -0.1) is 0 Å². The average Bonchev–Trinajstić information content (AvgIpc) is 3.08. The van der Waals surface area contributed by atoms with E-state index in [9.17, 15) is 9.59 Å². The number of piperazine rings is 1. The average molecular weight is 301 g/mol. The van der Waals surface area contributed by atoms with Crippen LogP contribution in [0.1, 0.15) is 0 Å². The van der Waals surface area contributed by atoms with E-state index in [2.05, 4.69) is 5.32 Å². The van der Waals surface area contributed by atoms with E-state index in [1.54, 1.807) is 16.9 Å². The van der Waals surface area contributed by atoms with Crippen molar-refractivity contribution in [3.63, 3.8) is 0 Å². The lowest BCUT2D eigenvalue weighted by atomic mass is 10.2. The van der Waals surface area contributed by atoms with Crippen LogP contribution in [0.2, 0.25) is 0 Å². The number of anilines is 1. The molecule has 0 spiro atoms. The fourth-order valence-corrected chi connectivity index (χ4v) is 2.75. The van der Waals surface area contributed by atoms with Gasteiger partial charge < -0.3 is 14.5 Å². The number of rotatable bonds is 3. The van der Waals surface area contributed by atoms with Crippen LogP contribution in [0.5, 0.6) is 5.75 Å². The third kappa shape index (κ3) is 2.82. The number of ether oxygens (including phenoxy) is 1. The van der Waals surface area contributed by atoms with Crippen LogP contribution in [0.15, 0.2) is 36.4 Å². The number of carbonyl (C=O) groups is 2. The molecule has 1 saturated heterocycles. The molecule has 1 aromatic carbocycles. The molecular weight excluding hydrogens is 282 g/mol. The zero-order valence-corrected chi connectivity index (χ0v) is 12.5. The van der Waals surface area contributed by atoms with Crippen molar-refractivity contribution < 1.29 is 14.3 Å². The fourth-order valence-electron chi connectivity index (χ4n) is 2.75. The van der Waals surface area contributed by atoms with E-state index in [0.29, 0.717) is 25.4 Å². The van der Waals surface area contributed by atoms with Crippen LogP contribution in [0, 0.1) is 0 Å². The predicted octanol–water partition coefficient (Wildman–Crippen LogP) is 0.398. The second-order valence-corrected chi connectivity index (χ2v) is 5.32. The van der Waals surface area contributed by atoms with Crippen LogP contribution in [-0.4, -0.2) is 56.0 Å². The van der Waals surface area contributed by atoms with Crippen molar-refractivity contribution in [2.24, 2.45) is 0 Å². The minimum absolute atomic E-state index is 0.0348. The summed E-state index contributed by atoms with van der Waals surface area (Å²) in [4.78, 5) is 28.0. The van der Waals surface area contributed by atoms with Crippen LogP contribution < -0.4 is 15.0 Å². The van der Waals surface area contributed by atoms with E-state index in [4.69, 9.17) is 4.74 Å². The van der Waals surface area contributed by atoms with E-state index in [1.807, 2.05) is 36.4 Å². The Bertz CT molecular complexity index is 614. The van der Waals surface area contributed by atoms with Gasteiger partial charge in [0.05, 0.1) is 7.11 Å². The van der Waals surface area contributed by atoms with Crippen molar-refractivity contribution in [2.75, 3.05) is 38.2 Å². The maximum absolute atomic E-state index is 12.4. The maximum Gasteiger partial charge on any atom is 0.246 e. The van der Waals surface area contributed by atoms with Gasteiger partial charge in [0.1, 0.15) is 18.3 Å². The first kappa shape index (κ1) is 14.6. The van der Waals surface area contributed by atoms with Gasteiger partial charge in [0.25, 0.3) is 0 Å². The second kappa shape index (κ2) is 6.19. The quantitative estimate of drug-likeness (QED) is 0.821. The minimum atomic E-state index is -0.295. The molecule has 116 valence electrons. The molecule has 1 aromatic rings. The van der Waals surface area contributed by atoms with Gasteiger partial charge in [0.15, 0.2) is 0 Å².